The Kier molecular flexibility index (Phi) is 7.12. The highest BCUT2D eigenvalue weighted by Crippen LogP contribution is 2.32. The lowest BCUT2D eigenvalue weighted by Gasteiger charge is -2.18. The van der Waals surface area contributed by atoms with Crippen molar-refractivity contribution in [1.29, 1.82) is 0 Å². The van der Waals surface area contributed by atoms with Gasteiger partial charge in [-0.25, -0.2) is 8.42 Å². The van der Waals surface area contributed by atoms with Crippen molar-refractivity contribution in [1.82, 2.24) is 5.32 Å². The molecule has 158 valence electrons. The van der Waals surface area contributed by atoms with E-state index in [-0.39, 0.29) is 17.3 Å². The fourth-order valence-electron chi connectivity index (χ4n) is 2.98. The minimum atomic E-state index is -3.74. The number of amides is 1. The smallest absolute Gasteiger partial charge is 0.255 e. The van der Waals surface area contributed by atoms with Gasteiger partial charge in [0.2, 0.25) is 0 Å². The topological polar surface area (TPSA) is 81.7 Å². The Hall–Kier alpha value is -2.84. The van der Waals surface area contributed by atoms with Gasteiger partial charge in [-0.05, 0) is 54.8 Å². The fourth-order valence-corrected chi connectivity index (χ4v) is 5.77. The molecule has 0 fully saturated rings. The minimum Gasteiger partial charge on any atom is -0.497 e. The summed E-state index contributed by atoms with van der Waals surface area (Å²) in [5.41, 5.74) is 0.367. The number of nitrogens with one attached hydrogen (secondary N) is 1. The molecule has 0 saturated carbocycles. The molecule has 1 aromatic heterocycles. The Morgan fingerprint density at radius 1 is 1.07 bits per heavy atom. The van der Waals surface area contributed by atoms with Gasteiger partial charge in [-0.15, -0.1) is 11.3 Å². The Morgan fingerprint density at radius 3 is 2.43 bits per heavy atom. The van der Waals surface area contributed by atoms with E-state index in [0.717, 1.165) is 0 Å². The van der Waals surface area contributed by atoms with E-state index in [1.54, 1.807) is 48.5 Å². The van der Waals surface area contributed by atoms with Crippen LogP contribution in [0.2, 0.25) is 0 Å². The molecule has 0 aliphatic rings. The molecule has 3 rings (SSSR count). The number of carbonyl (C=O) groups is 1. The zero-order chi connectivity index (χ0) is 21.6. The third kappa shape index (κ3) is 4.83. The molecule has 3 aromatic rings. The van der Waals surface area contributed by atoms with Crippen molar-refractivity contribution in [2.24, 2.45) is 0 Å². The molecule has 0 radical (unpaired) electrons. The van der Waals surface area contributed by atoms with E-state index >= 15 is 0 Å². The number of para-hydroxylation sites is 1. The first kappa shape index (κ1) is 21.9. The molecular weight excluding hydrogens is 422 g/mol. The normalized spacial score (nSPS) is 12.2. The lowest BCUT2D eigenvalue weighted by Crippen LogP contribution is -2.31. The molecule has 1 N–H and O–H groups in total. The number of rotatable bonds is 9. The predicted molar refractivity (Wildman–Crippen MR) is 117 cm³/mol. The summed E-state index contributed by atoms with van der Waals surface area (Å²) < 4.78 is 37.3. The summed E-state index contributed by atoms with van der Waals surface area (Å²) in [5.74, 6) is 0.649. The molecule has 0 aliphatic heterocycles. The number of carbonyl (C=O) groups excluding carboxylic acids is 1. The van der Waals surface area contributed by atoms with Crippen LogP contribution in [0.3, 0.4) is 0 Å². The van der Waals surface area contributed by atoms with Crippen molar-refractivity contribution in [3.63, 3.8) is 0 Å². The van der Waals surface area contributed by atoms with Crippen molar-refractivity contribution < 1.29 is 22.7 Å². The van der Waals surface area contributed by atoms with Crippen LogP contribution in [-0.4, -0.2) is 34.6 Å². The average molecular weight is 446 g/mol. The Bertz CT molecular complexity index is 1080. The molecule has 6 nitrogen and oxygen atoms in total. The fraction of sp³-hybridized carbons (Fsp3) is 0.227. The predicted octanol–water partition coefficient (Wildman–Crippen LogP) is 4.10. The molecule has 1 amide bonds. The van der Waals surface area contributed by atoms with Crippen LogP contribution in [0.4, 0.5) is 0 Å². The molecule has 1 heterocycles. The van der Waals surface area contributed by atoms with Crippen molar-refractivity contribution in [2.75, 3.05) is 20.3 Å². The molecule has 2 aromatic carbocycles. The van der Waals surface area contributed by atoms with Gasteiger partial charge in [0.05, 0.1) is 24.2 Å². The zero-order valence-corrected chi connectivity index (χ0v) is 18.3. The van der Waals surface area contributed by atoms with E-state index in [1.807, 2.05) is 12.3 Å². The molecular formula is C22H23NO5S2. The molecule has 0 aliphatic carbocycles. The Morgan fingerprint density at radius 2 is 1.80 bits per heavy atom. The van der Waals surface area contributed by atoms with Gasteiger partial charge in [-0.1, -0.05) is 18.2 Å². The van der Waals surface area contributed by atoms with Crippen LogP contribution < -0.4 is 14.8 Å². The van der Waals surface area contributed by atoms with E-state index < -0.39 is 15.1 Å². The summed E-state index contributed by atoms with van der Waals surface area (Å²) in [4.78, 5) is 13.6. The number of sulfone groups is 1. The van der Waals surface area contributed by atoms with Crippen LogP contribution in [0.25, 0.3) is 0 Å². The van der Waals surface area contributed by atoms with Crippen molar-refractivity contribution in [3.8, 4) is 11.5 Å². The molecule has 0 bridgehead atoms. The molecule has 0 spiro atoms. The first-order valence-electron chi connectivity index (χ1n) is 9.38. The van der Waals surface area contributed by atoms with Gasteiger partial charge < -0.3 is 14.8 Å². The SMILES string of the molecule is CCOc1ccccc1C(=O)NC[C@H](c1cccs1)S(=O)(=O)c1ccc(OC)cc1. The second-order valence-corrected chi connectivity index (χ2v) is 9.47. The average Bonchev–Trinajstić information content (AvgIpc) is 3.28. The monoisotopic (exact) mass is 445 g/mol. The number of methoxy groups -OCH3 is 1. The largest absolute Gasteiger partial charge is 0.497 e. The second kappa shape index (κ2) is 9.77. The summed E-state index contributed by atoms with van der Waals surface area (Å²) in [5, 5.41) is 3.68. The first-order chi connectivity index (χ1) is 14.5. The number of thiophene rings is 1. The van der Waals surface area contributed by atoms with E-state index in [2.05, 4.69) is 5.32 Å². The van der Waals surface area contributed by atoms with E-state index in [0.29, 0.717) is 28.5 Å². The zero-order valence-electron chi connectivity index (χ0n) is 16.7. The van der Waals surface area contributed by atoms with Crippen LogP contribution >= 0.6 is 11.3 Å². The van der Waals surface area contributed by atoms with Gasteiger partial charge in [-0.3, -0.25) is 4.79 Å². The summed E-state index contributed by atoms with van der Waals surface area (Å²) in [6.45, 7) is 2.20. The maximum atomic E-state index is 13.3. The lowest BCUT2D eigenvalue weighted by atomic mass is 10.2. The van der Waals surface area contributed by atoms with Gasteiger partial charge in [0.15, 0.2) is 9.84 Å². The minimum absolute atomic E-state index is 0.0613. The van der Waals surface area contributed by atoms with Crippen molar-refractivity contribution >= 4 is 27.1 Å². The summed E-state index contributed by atoms with van der Waals surface area (Å²) in [6, 6.07) is 16.7. The number of hydrogen-bond donors (Lipinski definition) is 1. The van der Waals surface area contributed by atoms with Crippen molar-refractivity contribution in [3.05, 3.63) is 76.5 Å². The summed E-state index contributed by atoms with van der Waals surface area (Å²) in [7, 11) is -2.22. The molecule has 30 heavy (non-hydrogen) atoms. The van der Waals surface area contributed by atoms with E-state index in [9.17, 15) is 13.2 Å². The van der Waals surface area contributed by atoms with E-state index in [4.69, 9.17) is 9.47 Å². The number of benzene rings is 2. The first-order valence-corrected chi connectivity index (χ1v) is 11.8. The molecule has 0 unspecified atom stereocenters. The number of hydrogen-bond acceptors (Lipinski definition) is 6. The quantitative estimate of drug-likeness (QED) is 0.536. The second-order valence-electron chi connectivity index (χ2n) is 6.36. The van der Waals surface area contributed by atoms with Crippen LogP contribution in [0.5, 0.6) is 11.5 Å². The van der Waals surface area contributed by atoms with Crippen LogP contribution in [-0.2, 0) is 9.84 Å². The Labute approximate surface area is 180 Å². The van der Waals surface area contributed by atoms with Gasteiger partial charge in [-0.2, -0.15) is 0 Å². The van der Waals surface area contributed by atoms with Gasteiger partial charge >= 0.3 is 0 Å². The highest BCUT2D eigenvalue weighted by molar-refractivity contribution is 7.91. The third-order valence-corrected chi connectivity index (χ3v) is 7.74. The third-order valence-electron chi connectivity index (χ3n) is 4.50. The molecule has 0 saturated heterocycles. The Balaban J connectivity index is 1.86. The number of ether oxygens (including phenoxy) is 2. The highest BCUT2D eigenvalue weighted by atomic mass is 32.2. The van der Waals surface area contributed by atoms with Crippen LogP contribution in [0.1, 0.15) is 27.4 Å². The molecule has 1 atom stereocenters. The highest BCUT2D eigenvalue weighted by Gasteiger charge is 2.31. The maximum Gasteiger partial charge on any atom is 0.255 e. The summed E-state index contributed by atoms with van der Waals surface area (Å²) >= 11 is 1.34. The maximum absolute atomic E-state index is 13.3. The van der Waals surface area contributed by atoms with Gasteiger partial charge in [0.1, 0.15) is 16.7 Å². The standard InChI is InChI=1S/C22H23NO5S2/c1-3-28-19-8-5-4-7-18(19)22(24)23-15-21(20-9-6-14-29-20)30(25,26)17-12-10-16(27-2)11-13-17/h4-14,21H,3,15H2,1-2H3,(H,23,24)/t21-/m1/s1. The van der Waals surface area contributed by atoms with Crippen LogP contribution in [0, 0.1) is 0 Å². The van der Waals surface area contributed by atoms with Crippen molar-refractivity contribution in [2.45, 2.75) is 17.1 Å². The lowest BCUT2D eigenvalue weighted by molar-refractivity contribution is 0.0950. The van der Waals surface area contributed by atoms with E-state index in [1.165, 1.54) is 30.6 Å². The van der Waals surface area contributed by atoms with Gasteiger partial charge in [0, 0.05) is 11.4 Å². The van der Waals surface area contributed by atoms with Gasteiger partial charge in [0.25, 0.3) is 5.91 Å². The van der Waals surface area contributed by atoms with Crippen LogP contribution in [0.15, 0.2) is 70.9 Å². The molecule has 8 heteroatoms. The summed E-state index contributed by atoms with van der Waals surface area (Å²) in [6.07, 6.45) is 0.